The number of amidine groups is 1. The summed E-state index contributed by atoms with van der Waals surface area (Å²) >= 11 is 1.33. The lowest BCUT2D eigenvalue weighted by Gasteiger charge is -2.16. The first-order chi connectivity index (χ1) is 16.0. The number of hydrogen-bond acceptors (Lipinski definition) is 5. The van der Waals surface area contributed by atoms with E-state index in [0.717, 1.165) is 17.0 Å². The zero-order valence-electron chi connectivity index (χ0n) is 18.4. The average molecular weight is 465 g/mol. The Kier molecular flexibility index (Phi) is 8.71. The van der Waals surface area contributed by atoms with E-state index in [4.69, 9.17) is 0 Å². The second kappa shape index (κ2) is 11.9. The minimum atomic E-state index is -0.495. The van der Waals surface area contributed by atoms with Crippen LogP contribution in [0.1, 0.15) is 26.0 Å². The number of pyridine rings is 1. The van der Waals surface area contributed by atoms with Crippen LogP contribution in [0.5, 0.6) is 0 Å². The number of carbonyl (C=O) groups excluding carboxylic acids is 2. The van der Waals surface area contributed by atoms with Crippen LogP contribution in [-0.4, -0.2) is 32.6 Å². The number of carbonyl (C=O) groups is 2. The molecule has 33 heavy (non-hydrogen) atoms. The number of thioether (sulfide) groups is 1. The number of rotatable bonds is 9. The molecule has 1 N–H and O–H groups in total. The van der Waals surface area contributed by atoms with E-state index in [0.29, 0.717) is 23.7 Å². The molecule has 1 atom stereocenters. The van der Waals surface area contributed by atoms with Crippen molar-refractivity contribution in [1.29, 1.82) is 0 Å². The predicted octanol–water partition coefficient (Wildman–Crippen LogP) is 4.89. The van der Waals surface area contributed by atoms with E-state index in [1.165, 1.54) is 23.9 Å². The van der Waals surface area contributed by atoms with Gasteiger partial charge in [-0.15, -0.1) is 0 Å². The molecule has 1 aromatic heterocycles. The second-order valence-electron chi connectivity index (χ2n) is 7.21. The highest BCUT2D eigenvalue weighted by molar-refractivity contribution is 8.15. The fourth-order valence-electron chi connectivity index (χ4n) is 3.19. The number of aromatic nitrogens is 1. The number of nitrogens with zero attached hydrogens (tertiary/aromatic N) is 3. The van der Waals surface area contributed by atoms with Crippen LogP contribution in [0.2, 0.25) is 0 Å². The summed E-state index contributed by atoms with van der Waals surface area (Å²) < 4.78 is 13.7. The lowest BCUT2D eigenvalue weighted by Crippen LogP contribution is -2.32. The van der Waals surface area contributed by atoms with Crippen molar-refractivity contribution in [3.05, 3.63) is 95.7 Å². The molecular weight excluding hydrogens is 439 g/mol. The molecule has 1 aliphatic rings. The molecule has 0 radical (unpaired) electrons. The summed E-state index contributed by atoms with van der Waals surface area (Å²) in [5, 5.41) is 2.60. The van der Waals surface area contributed by atoms with Gasteiger partial charge in [0.15, 0.2) is 5.17 Å². The molecule has 3 rings (SSSR count). The van der Waals surface area contributed by atoms with Crippen LogP contribution in [-0.2, 0) is 16.1 Å². The Balaban J connectivity index is 1.94. The molecule has 6 nitrogen and oxygen atoms in total. The third-order valence-electron chi connectivity index (χ3n) is 4.75. The van der Waals surface area contributed by atoms with Crippen LogP contribution in [0.15, 0.2) is 89.2 Å². The van der Waals surface area contributed by atoms with Crippen LogP contribution >= 0.6 is 11.8 Å². The van der Waals surface area contributed by atoms with Gasteiger partial charge in [-0.05, 0) is 56.2 Å². The van der Waals surface area contributed by atoms with Crippen molar-refractivity contribution in [2.45, 2.75) is 32.1 Å². The molecule has 1 aromatic carbocycles. The second-order valence-corrected chi connectivity index (χ2v) is 8.28. The molecule has 0 spiro atoms. The van der Waals surface area contributed by atoms with Gasteiger partial charge in [0.05, 0.1) is 17.9 Å². The van der Waals surface area contributed by atoms with E-state index in [-0.39, 0.29) is 18.3 Å². The molecule has 2 amide bonds. The molecule has 1 fully saturated rings. The maximum atomic E-state index is 13.7. The quantitative estimate of drug-likeness (QED) is 0.423. The summed E-state index contributed by atoms with van der Waals surface area (Å²) in [5.41, 5.74) is 2.73. The van der Waals surface area contributed by atoms with Gasteiger partial charge in [-0.2, -0.15) is 0 Å². The summed E-state index contributed by atoms with van der Waals surface area (Å²) in [7, 11) is 0. The Hall–Kier alpha value is -3.52. The number of aliphatic imine (C=N–C) groups is 1. The Morgan fingerprint density at radius 3 is 2.82 bits per heavy atom. The van der Waals surface area contributed by atoms with Gasteiger partial charge in [0.25, 0.3) is 0 Å². The number of hydrogen-bond donors (Lipinski definition) is 1. The first kappa shape index (κ1) is 24.1. The monoisotopic (exact) mass is 464 g/mol. The van der Waals surface area contributed by atoms with Crippen molar-refractivity contribution in [1.82, 2.24) is 15.2 Å². The highest BCUT2D eigenvalue weighted by Crippen LogP contribution is 2.35. The van der Waals surface area contributed by atoms with Crippen LogP contribution in [0.25, 0.3) is 0 Å². The Labute approximate surface area is 197 Å². The first-order valence-electron chi connectivity index (χ1n) is 10.4. The van der Waals surface area contributed by atoms with E-state index < -0.39 is 5.25 Å². The van der Waals surface area contributed by atoms with Gasteiger partial charge in [0.1, 0.15) is 11.1 Å². The fraction of sp³-hybridized carbons (Fsp3) is 0.200. The Morgan fingerprint density at radius 2 is 2.12 bits per heavy atom. The molecule has 2 heterocycles. The molecule has 0 aliphatic carbocycles. The van der Waals surface area contributed by atoms with E-state index in [1.54, 1.807) is 30.2 Å². The summed E-state index contributed by atoms with van der Waals surface area (Å²) in [4.78, 5) is 34.6. The SMILES string of the molecule is C/C=C\C(=CC/C=C(\C)NC=O)C1SC(=Nc2cccc(F)c2)N(Cc2ccccn2)C1=O. The molecule has 1 saturated heterocycles. The van der Waals surface area contributed by atoms with Crippen molar-refractivity contribution in [3.63, 3.8) is 0 Å². The van der Waals surface area contributed by atoms with Crippen molar-refractivity contribution in [3.8, 4) is 0 Å². The van der Waals surface area contributed by atoms with Gasteiger partial charge in [-0.3, -0.25) is 19.5 Å². The fourth-order valence-corrected chi connectivity index (χ4v) is 4.38. The third kappa shape index (κ3) is 6.73. The van der Waals surface area contributed by atoms with E-state index >= 15 is 0 Å². The van der Waals surface area contributed by atoms with Crippen molar-refractivity contribution in [2.75, 3.05) is 0 Å². The molecule has 2 aromatic rings. The molecule has 1 aliphatic heterocycles. The molecule has 0 saturated carbocycles. The molecule has 8 heteroatoms. The van der Waals surface area contributed by atoms with E-state index in [1.807, 2.05) is 49.4 Å². The van der Waals surface area contributed by atoms with Crippen molar-refractivity contribution >= 4 is 34.9 Å². The minimum Gasteiger partial charge on any atom is -0.333 e. The normalized spacial score (nSPS) is 18.4. The van der Waals surface area contributed by atoms with Crippen molar-refractivity contribution < 1.29 is 14.0 Å². The minimum absolute atomic E-state index is 0.114. The van der Waals surface area contributed by atoms with Crippen LogP contribution in [0.4, 0.5) is 10.1 Å². The lowest BCUT2D eigenvalue weighted by atomic mass is 10.1. The topological polar surface area (TPSA) is 74.7 Å². The number of amides is 2. The predicted molar refractivity (Wildman–Crippen MR) is 130 cm³/mol. The Morgan fingerprint density at radius 1 is 1.27 bits per heavy atom. The number of allylic oxidation sites excluding steroid dienone is 5. The van der Waals surface area contributed by atoms with E-state index in [9.17, 15) is 14.0 Å². The van der Waals surface area contributed by atoms with Crippen LogP contribution in [0.3, 0.4) is 0 Å². The number of benzene rings is 1. The summed E-state index contributed by atoms with van der Waals surface area (Å²) in [6, 6.07) is 11.5. The maximum Gasteiger partial charge on any atom is 0.247 e. The zero-order chi connectivity index (χ0) is 23.6. The average Bonchev–Trinajstić information content (AvgIpc) is 3.09. The van der Waals surface area contributed by atoms with Gasteiger partial charge in [-0.25, -0.2) is 9.38 Å². The number of nitrogens with one attached hydrogen (secondary N) is 1. The van der Waals surface area contributed by atoms with Crippen molar-refractivity contribution in [2.24, 2.45) is 4.99 Å². The standard InChI is InChI=1S/C25H25FN4O2S/c1-3-8-19(10-6-9-18(2)28-17-31)23-24(32)30(16-22-12-4-5-14-27-22)25(33-23)29-21-13-7-11-20(26)15-21/h3-5,7-15,17,23H,6,16H2,1-2H3,(H,28,31)/b8-3-,18-9+,19-10?,29-25?. The van der Waals surface area contributed by atoms with Gasteiger partial charge in [0, 0.05) is 11.9 Å². The molecule has 170 valence electrons. The molecule has 1 unspecified atom stereocenters. The smallest absolute Gasteiger partial charge is 0.247 e. The van der Waals surface area contributed by atoms with Gasteiger partial charge >= 0.3 is 0 Å². The maximum absolute atomic E-state index is 13.7. The highest BCUT2D eigenvalue weighted by Gasteiger charge is 2.39. The zero-order valence-corrected chi connectivity index (χ0v) is 19.3. The van der Waals surface area contributed by atoms with Crippen LogP contribution < -0.4 is 5.32 Å². The number of halogens is 1. The van der Waals surface area contributed by atoms with Crippen LogP contribution in [0, 0.1) is 5.82 Å². The Bertz CT molecular complexity index is 1110. The molecular formula is C25H25FN4O2S. The summed E-state index contributed by atoms with van der Waals surface area (Å²) in [6.07, 6.45) is 10.5. The van der Waals surface area contributed by atoms with Gasteiger partial charge in [0.2, 0.25) is 12.3 Å². The van der Waals surface area contributed by atoms with Gasteiger partial charge in [-0.1, -0.05) is 48.2 Å². The highest BCUT2D eigenvalue weighted by atomic mass is 32.2. The first-order valence-corrected chi connectivity index (χ1v) is 11.3. The lowest BCUT2D eigenvalue weighted by molar-refractivity contribution is -0.126. The third-order valence-corrected chi connectivity index (χ3v) is 5.98. The molecule has 0 bridgehead atoms. The summed E-state index contributed by atoms with van der Waals surface area (Å²) in [5.74, 6) is -0.503. The summed E-state index contributed by atoms with van der Waals surface area (Å²) in [6.45, 7) is 3.95. The van der Waals surface area contributed by atoms with E-state index in [2.05, 4.69) is 15.3 Å². The van der Waals surface area contributed by atoms with Gasteiger partial charge < -0.3 is 5.32 Å². The largest absolute Gasteiger partial charge is 0.333 e.